The third-order valence-electron chi connectivity index (χ3n) is 5.10. The van der Waals surface area contributed by atoms with Gasteiger partial charge in [-0.1, -0.05) is 66.2 Å². The van der Waals surface area contributed by atoms with E-state index in [0.29, 0.717) is 5.02 Å². The number of amides is 2. The number of rotatable bonds is 8. The van der Waals surface area contributed by atoms with Crippen molar-refractivity contribution >= 4 is 40.2 Å². The molecule has 6 nitrogen and oxygen atoms in total. The molecular weight excluding hydrogens is 428 g/mol. The molecule has 0 aliphatic heterocycles. The Kier molecular flexibility index (Phi) is 7.84. The second kappa shape index (κ2) is 10.8. The van der Waals surface area contributed by atoms with Crippen molar-refractivity contribution in [2.45, 2.75) is 31.8 Å². The predicted molar refractivity (Wildman–Crippen MR) is 124 cm³/mol. The summed E-state index contributed by atoms with van der Waals surface area (Å²) < 4.78 is 4.87. The molecule has 0 fully saturated rings. The summed E-state index contributed by atoms with van der Waals surface area (Å²) >= 11 is 5.92. The minimum Gasteiger partial charge on any atom is -0.467 e. The molecule has 3 aromatic rings. The Labute approximate surface area is 191 Å². The summed E-state index contributed by atoms with van der Waals surface area (Å²) in [7, 11) is 1.27. The van der Waals surface area contributed by atoms with Gasteiger partial charge in [-0.15, -0.1) is 0 Å². The van der Waals surface area contributed by atoms with Crippen LogP contribution in [-0.2, 0) is 32.0 Å². The Bertz CT molecular complexity index is 1110. The molecule has 0 aliphatic carbocycles. The van der Waals surface area contributed by atoms with Crippen LogP contribution in [0.15, 0.2) is 66.7 Å². The highest BCUT2D eigenvalue weighted by atomic mass is 35.5. The molecule has 0 radical (unpaired) electrons. The number of methoxy groups -OCH3 is 1. The van der Waals surface area contributed by atoms with Crippen LogP contribution in [0.4, 0.5) is 0 Å². The molecule has 0 saturated heterocycles. The van der Waals surface area contributed by atoms with Crippen LogP contribution in [0.2, 0.25) is 5.02 Å². The second-order valence-electron chi connectivity index (χ2n) is 7.55. The minimum atomic E-state index is -0.901. The molecule has 0 aliphatic rings. The maximum atomic E-state index is 13.1. The molecule has 2 amide bonds. The molecule has 3 rings (SSSR count). The summed E-state index contributed by atoms with van der Waals surface area (Å²) in [4.78, 5) is 37.1. The van der Waals surface area contributed by atoms with Crippen molar-refractivity contribution in [2.75, 3.05) is 7.11 Å². The number of nitrogens with one attached hydrogen (secondary N) is 2. The Hall–Kier alpha value is -3.38. The number of esters is 1. The molecule has 7 heteroatoms. The molecule has 3 aromatic carbocycles. The Morgan fingerprint density at radius 2 is 1.47 bits per heavy atom. The van der Waals surface area contributed by atoms with Gasteiger partial charge in [0.25, 0.3) is 0 Å². The zero-order chi connectivity index (χ0) is 23.1. The largest absolute Gasteiger partial charge is 0.467 e. The number of halogens is 1. The van der Waals surface area contributed by atoms with Gasteiger partial charge in [0, 0.05) is 24.8 Å². The van der Waals surface area contributed by atoms with Gasteiger partial charge in [-0.3, -0.25) is 9.59 Å². The smallest absolute Gasteiger partial charge is 0.328 e. The second-order valence-corrected chi connectivity index (χ2v) is 7.99. The van der Waals surface area contributed by atoms with E-state index >= 15 is 0 Å². The summed E-state index contributed by atoms with van der Waals surface area (Å²) in [6.45, 7) is 1.35. The molecule has 32 heavy (non-hydrogen) atoms. The number of benzene rings is 3. The average Bonchev–Trinajstić information content (AvgIpc) is 2.78. The Morgan fingerprint density at radius 3 is 2.12 bits per heavy atom. The van der Waals surface area contributed by atoms with E-state index in [-0.39, 0.29) is 18.7 Å². The third-order valence-corrected chi connectivity index (χ3v) is 5.35. The van der Waals surface area contributed by atoms with Crippen LogP contribution in [0.5, 0.6) is 0 Å². The lowest BCUT2D eigenvalue weighted by molar-refractivity contribution is -0.145. The van der Waals surface area contributed by atoms with Crippen LogP contribution in [0, 0.1) is 0 Å². The van der Waals surface area contributed by atoms with Crippen LogP contribution in [-0.4, -0.2) is 37.0 Å². The van der Waals surface area contributed by atoms with Crippen molar-refractivity contribution in [1.82, 2.24) is 10.6 Å². The number of carbonyl (C=O) groups excluding carboxylic acids is 3. The van der Waals surface area contributed by atoms with Gasteiger partial charge in [0.15, 0.2) is 0 Å². The lowest BCUT2D eigenvalue weighted by atomic mass is 10.00. The van der Waals surface area contributed by atoms with E-state index in [0.717, 1.165) is 21.9 Å². The van der Waals surface area contributed by atoms with Crippen LogP contribution in [0.3, 0.4) is 0 Å². The quantitative estimate of drug-likeness (QED) is 0.513. The fourth-order valence-corrected chi connectivity index (χ4v) is 3.65. The van der Waals surface area contributed by atoms with E-state index in [9.17, 15) is 14.4 Å². The standard InChI is InChI=1S/C25H25ClN2O4/c1-16(29)27-22(15-18-7-10-19-5-3-4-6-20(19)13-18)24(30)28-23(25(31)32-2)14-17-8-11-21(26)12-9-17/h3-13,22-23H,14-15H2,1-2H3,(H,27,29)(H,28,30)/t22-,23-/m1/s1. The molecule has 0 spiro atoms. The van der Waals surface area contributed by atoms with E-state index in [2.05, 4.69) is 10.6 Å². The van der Waals surface area contributed by atoms with E-state index in [1.54, 1.807) is 24.3 Å². The van der Waals surface area contributed by atoms with Gasteiger partial charge in [-0.25, -0.2) is 4.79 Å². The van der Waals surface area contributed by atoms with Crippen LogP contribution in [0.1, 0.15) is 18.1 Å². The summed E-state index contributed by atoms with van der Waals surface area (Å²) in [5.41, 5.74) is 1.71. The number of hydrogen-bond donors (Lipinski definition) is 2. The Morgan fingerprint density at radius 1 is 0.844 bits per heavy atom. The lowest BCUT2D eigenvalue weighted by Gasteiger charge is -2.22. The zero-order valence-electron chi connectivity index (χ0n) is 17.9. The average molecular weight is 453 g/mol. The van der Waals surface area contributed by atoms with Gasteiger partial charge < -0.3 is 15.4 Å². The SMILES string of the molecule is COC(=O)[C@@H](Cc1ccc(Cl)cc1)NC(=O)[C@@H](Cc1ccc2ccccc2c1)NC(C)=O. The highest BCUT2D eigenvalue weighted by Gasteiger charge is 2.27. The highest BCUT2D eigenvalue weighted by molar-refractivity contribution is 6.30. The molecule has 166 valence electrons. The van der Waals surface area contributed by atoms with Crippen molar-refractivity contribution in [2.24, 2.45) is 0 Å². The van der Waals surface area contributed by atoms with E-state index < -0.39 is 24.0 Å². The molecule has 0 aromatic heterocycles. The summed E-state index contributed by atoms with van der Waals surface area (Å²) in [5.74, 6) is -1.36. The first kappa shape index (κ1) is 23.3. The number of ether oxygens (including phenoxy) is 1. The number of carbonyl (C=O) groups is 3. The fraction of sp³-hybridized carbons (Fsp3) is 0.240. The van der Waals surface area contributed by atoms with Gasteiger partial charge in [-0.05, 0) is 34.0 Å². The molecule has 0 saturated carbocycles. The third kappa shape index (κ3) is 6.31. The van der Waals surface area contributed by atoms with Gasteiger partial charge in [0.2, 0.25) is 11.8 Å². The van der Waals surface area contributed by atoms with E-state index in [1.807, 2.05) is 42.5 Å². The predicted octanol–water partition coefficient (Wildman–Crippen LogP) is 3.44. The van der Waals surface area contributed by atoms with Crippen LogP contribution < -0.4 is 10.6 Å². The molecule has 2 atom stereocenters. The first-order valence-corrected chi connectivity index (χ1v) is 10.6. The maximum absolute atomic E-state index is 13.1. The van der Waals surface area contributed by atoms with E-state index in [4.69, 9.17) is 16.3 Å². The lowest BCUT2D eigenvalue weighted by Crippen LogP contribution is -2.53. The van der Waals surface area contributed by atoms with Crippen molar-refractivity contribution in [3.63, 3.8) is 0 Å². The zero-order valence-corrected chi connectivity index (χ0v) is 18.7. The number of fused-ring (bicyclic) bond motifs is 1. The molecular formula is C25H25ClN2O4. The van der Waals surface area contributed by atoms with Gasteiger partial charge in [0.05, 0.1) is 7.11 Å². The monoisotopic (exact) mass is 452 g/mol. The summed E-state index contributed by atoms with van der Waals surface area (Å²) in [6, 6.07) is 19.1. The van der Waals surface area contributed by atoms with Gasteiger partial charge >= 0.3 is 5.97 Å². The van der Waals surface area contributed by atoms with Gasteiger partial charge in [0.1, 0.15) is 12.1 Å². The summed E-state index contributed by atoms with van der Waals surface area (Å²) in [5, 5.41) is 8.13. The first-order chi connectivity index (χ1) is 15.4. The molecule has 0 unspecified atom stereocenters. The normalized spacial score (nSPS) is 12.6. The number of hydrogen-bond acceptors (Lipinski definition) is 4. The van der Waals surface area contributed by atoms with Crippen molar-refractivity contribution in [3.05, 3.63) is 82.9 Å². The fourth-order valence-electron chi connectivity index (χ4n) is 3.52. The molecule has 0 heterocycles. The maximum Gasteiger partial charge on any atom is 0.328 e. The van der Waals surface area contributed by atoms with Gasteiger partial charge in [-0.2, -0.15) is 0 Å². The van der Waals surface area contributed by atoms with E-state index in [1.165, 1.54) is 14.0 Å². The topological polar surface area (TPSA) is 84.5 Å². The van der Waals surface area contributed by atoms with Crippen molar-refractivity contribution in [3.8, 4) is 0 Å². The Balaban J connectivity index is 1.78. The summed E-state index contributed by atoms with van der Waals surface area (Å²) in [6.07, 6.45) is 0.517. The van der Waals surface area contributed by atoms with Crippen LogP contribution in [0.25, 0.3) is 10.8 Å². The van der Waals surface area contributed by atoms with Crippen molar-refractivity contribution < 1.29 is 19.1 Å². The minimum absolute atomic E-state index is 0.234. The van der Waals surface area contributed by atoms with Crippen LogP contribution >= 0.6 is 11.6 Å². The first-order valence-electron chi connectivity index (χ1n) is 10.2. The molecule has 2 N–H and O–H groups in total. The molecule has 0 bridgehead atoms. The highest BCUT2D eigenvalue weighted by Crippen LogP contribution is 2.17. The van der Waals surface area contributed by atoms with Crippen molar-refractivity contribution in [1.29, 1.82) is 0 Å².